The van der Waals surface area contributed by atoms with Crippen molar-refractivity contribution in [3.8, 4) is 5.75 Å². The highest BCUT2D eigenvalue weighted by molar-refractivity contribution is 7.86. The van der Waals surface area contributed by atoms with Gasteiger partial charge in [-0.05, 0) is 41.9 Å². The van der Waals surface area contributed by atoms with Gasteiger partial charge in [-0.1, -0.05) is 0 Å². The third kappa shape index (κ3) is 2.79. The molecule has 0 bridgehead atoms. The molecule has 8 nitrogen and oxygen atoms in total. The van der Waals surface area contributed by atoms with Crippen molar-refractivity contribution in [2.75, 3.05) is 0 Å². The second-order valence-corrected chi connectivity index (χ2v) is 6.33. The Labute approximate surface area is 128 Å². The summed E-state index contributed by atoms with van der Waals surface area (Å²) in [7, 11) is -4.53. The zero-order chi connectivity index (χ0) is 15.7. The lowest BCUT2D eigenvalue weighted by Gasteiger charge is -2.01. The number of hydrogen-bond donors (Lipinski definition) is 2. The van der Waals surface area contributed by atoms with Crippen LogP contribution in [0, 0.1) is 0 Å². The SMILES string of the molecule is O=S(=O)(O)c1cc(/N=N/c2snc3ncccc23)ccc1O. The summed E-state index contributed by atoms with van der Waals surface area (Å²) >= 11 is 1.11. The van der Waals surface area contributed by atoms with Crippen LogP contribution in [0.3, 0.4) is 0 Å². The molecule has 0 amide bonds. The van der Waals surface area contributed by atoms with Crippen molar-refractivity contribution >= 4 is 43.4 Å². The first kappa shape index (κ1) is 14.5. The predicted molar refractivity (Wildman–Crippen MR) is 79.5 cm³/mol. The van der Waals surface area contributed by atoms with E-state index >= 15 is 0 Å². The number of phenols is 1. The lowest BCUT2D eigenvalue weighted by atomic mass is 10.3. The highest BCUT2D eigenvalue weighted by Gasteiger charge is 2.16. The number of azo groups is 1. The molecule has 0 saturated heterocycles. The van der Waals surface area contributed by atoms with Gasteiger partial charge in [-0.2, -0.15) is 12.8 Å². The summed E-state index contributed by atoms with van der Waals surface area (Å²) in [5.74, 6) is -0.561. The Kier molecular flexibility index (Phi) is 3.56. The van der Waals surface area contributed by atoms with Gasteiger partial charge >= 0.3 is 0 Å². The summed E-state index contributed by atoms with van der Waals surface area (Å²) < 4.78 is 35.4. The molecule has 2 heterocycles. The Morgan fingerprint density at radius 2 is 2.00 bits per heavy atom. The number of phenolic OH excluding ortho intramolecular Hbond substituents is 1. The van der Waals surface area contributed by atoms with Crippen LogP contribution in [-0.4, -0.2) is 27.4 Å². The van der Waals surface area contributed by atoms with Crippen molar-refractivity contribution in [3.63, 3.8) is 0 Å². The maximum atomic E-state index is 11.1. The minimum Gasteiger partial charge on any atom is -0.506 e. The van der Waals surface area contributed by atoms with Crippen molar-refractivity contribution < 1.29 is 18.1 Å². The number of benzene rings is 1. The lowest BCUT2D eigenvalue weighted by molar-refractivity contribution is 0.443. The molecule has 10 heteroatoms. The van der Waals surface area contributed by atoms with Gasteiger partial charge in [0, 0.05) is 6.20 Å². The molecule has 3 aromatic rings. The van der Waals surface area contributed by atoms with Crippen LogP contribution in [-0.2, 0) is 10.1 Å². The van der Waals surface area contributed by atoms with E-state index in [1.807, 2.05) is 0 Å². The Morgan fingerprint density at radius 3 is 2.77 bits per heavy atom. The summed E-state index contributed by atoms with van der Waals surface area (Å²) in [6.07, 6.45) is 1.61. The summed E-state index contributed by atoms with van der Waals surface area (Å²) in [6.45, 7) is 0. The fourth-order valence-corrected chi connectivity index (χ4v) is 2.97. The van der Waals surface area contributed by atoms with Crippen molar-refractivity contribution in [2.24, 2.45) is 10.2 Å². The van der Waals surface area contributed by atoms with E-state index in [2.05, 4.69) is 19.6 Å². The molecule has 112 valence electrons. The number of hydrogen-bond acceptors (Lipinski definition) is 8. The summed E-state index contributed by atoms with van der Waals surface area (Å²) in [5, 5.41) is 18.6. The molecule has 0 saturated carbocycles. The van der Waals surface area contributed by atoms with Crippen molar-refractivity contribution in [1.82, 2.24) is 9.36 Å². The minimum absolute atomic E-state index is 0.163. The number of fused-ring (bicyclic) bond motifs is 1. The molecular formula is C12H8N4O4S2. The second kappa shape index (κ2) is 5.40. The van der Waals surface area contributed by atoms with E-state index in [0.717, 1.165) is 29.1 Å². The Bertz CT molecular complexity index is 982. The van der Waals surface area contributed by atoms with Crippen LogP contribution in [0.2, 0.25) is 0 Å². The van der Waals surface area contributed by atoms with Gasteiger partial charge in [-0.25, -0.2) is 4.98 Å². The van der Waals surface area contributed by atoms with Crippen LogP contribution in [0.4, 0.5) is 10.7 Å². The Balaban J connectivity index is 2.00. The molecule has 0 radical (unpaired) electrons. The van der Waals surface area contributed by atoms with Crippen LogP contribution in [0.15, 0.2) is 51.7 Å². The molecule has 22 heavy (non-hydrogen) atoms. The Morgan fingerprint density at radius 1 is 1.18 bits per heavy atom. The zero-order valence-electron chi connectivity index (χ0n) is 10.8. The summed E-state index contributed by atoms with van der Waals surface area (Å²) in [4.78, 5) is 3.44. The van der Waals surface area contributed by atoms with Gasteiger partial charge in [-0.15, -0.1) is 10.2 Å². The maximum absolute atomic E-state index is 11.1. The number of rotatable bonds is 3. The molecule has 0 aliphatic carbocycles. The molecular weight excluding hydrogens is 328 g/mol. The van der Waals surface area contributed by atoms with Gasteiger partial charge in [0.25, 0.3) is 10.1 Å². The topological polar surface area (TPSA) is 125 Å². The predicted octanol–water partition coefficient (Wildman–Crippen LogP) is 3.06. The lowest BCUT2D eigenvalue weighted by Crippen LogP contribution is -1.97. The first-order valence-corrected chi connectivity index (χ1v) is 8.09. The largest absolute Gasteiger partial charge is 0.506 e. The fourth-order valence-electron chi connectivity index (χ4n) is 1.72. The van der Waals surface area contributed by atoms with Crippen LogP contribution < -0.4 is 0 Å². The number of aromatic nitrogens is 2. The number of pyridine rings is 1. The average molecular weight is 336 g/mol. The molecule has 0 atom stereocenters. The third-order valence-electron chi connectivity index (χ3n) is 2.71. The highest BCUT2D eigenvalue weighted by Crippen LogP contribution is 2.32. The molecule has 0 aliphatic heterocycles. The maximum Gasteiger partial charge on any atom is 0.298 e. The van der Waals surface area contributed by atoms with E-state index in [0.29, 0.717) is 10.6 Å². The quantitative estimate of drug-likeness (QED) is 0.559. The van der Waals surface area contributed by atoms with Crippen molar-refractivity contribution in [2.45, 2.75) is 4.90 Å². The molecule has 0 spiro atoms. The van der Waals surface area contributed by atoms with Gasteiger partial charge in [0.05, 0.1) is 11.1 Å². The van der Waals surface area contributed by atoms with E-state index < -0.39 is 20.8 Å². The van der Waals surface area contributed by atoms with E-state index in [-0.39, 0.29) is 5.69 Å². The molecule has 0 unspecified atom stereocenters. The van der Waals surface area contributed by atoms with Crippen molar-refractivity contribution in [3.05, 3.63) is 36.5 Å². The first-order chi connectivity index (χ1) is 10.4. The minimum atomic E-state index is -4.53. The summed E-state index contributed by atoms with van der Waals surface area (Å²) in [6, 6.07) is 7.04. The molecule has 3 rings (SSSR count). The molecule has 1 aromatic carbocycles. The standard InChI is InChI=1S/C12H8N4O4S2/c17-9-4-3-7(6-10(9)22(18,19)20)14-15-12-8-2-1-5-13-11(8)16-21-12/h1-6,17H,(H,18,19,20)/b15-14+. The molecule has 0 fully saturated rings. The Hall–Kier alpha value is -2.43. The van der Waals surface area contributed by atoms with Crippen LogP contribution in [0.25, 0.3) is 11.0 Å². The number of nitrogens with zero attached hydrogens (tertiary/aromatic N) is 4. The smallest absolute Gasteiger partial charge is 0.298 e. The second-order valence-electron chi connectivity index (χ2n) is 4.19. The highest BCUT2D eigenvalue weighted by atomic mass is 32.2. The van der Waals surface area contributed by atoms with Gasteiger partial charge in [0.2, 0.25) is 0 Å². The zero-order valence-corrected chi connectivity index (χ0v) is 12.4. The number of aromatic hydroxyl groups is 1. The monoisotopic (exact) mass is 336 g/mol. The average Bonchev–Trinajstić information content (AvgIpc) is 2.88. The van der Waals surface area contributed by atoms with Gasteiger partial charge in [0.15, 0.2) is 10.6 Å². The van der Waals surface area contributed by atoms with Crippen molar-refractivity contribution in [1.29, 1.82) is 0 Å². The van der Waals surface area contributed by atoms with E-state index in [9.17, 15) is 13.5 Å². The molecule has 2 N–H and O–H groups in total. The third-order valence-corrected chi connectivity index (χ3v) is 4.33. The van der Waals surface area contributed by atoms with Crippen LogP contribution in [0.1, 0.15) is 0 Å². The van der Waals surface area contributed by atoms with Crippen LogP contribution >= 0.6 is 11.5 Å². The van der Waals surface area contributed by atoms with E-state index in [4.69, 9.17) is 4.55 Å². The first-order valence-electron chi connectivity index (χ1n) is 5.88. The van der Waals surface area contributed by atoms with Gasteiger partial charge < -0.3 is 5.11 Å². The van der Waals surface area contributed by atoms with E-state index in [1.54, 1.807) is 18.3 Å². The molecule has 2 aromatic heterocycles. The van der Waals surface area contributed by atoms with Gasteiger partial charge in [-0.3, -0.25) is 4.55 Å². The van der Waals surface area contributed by atoms with E-state index in [1.165, 1.54) is 6.07 Å². The van der Waals surface area contributed by atoms with Gasteiger partial charge in [0.1, 0.15) is 10.6 Å². The van der Waals surface area contributed by atoms with Crippen LogP contribution in [0.5, 0.6) is 5.75 Å². The normalized spacial score (nSPS) is 12.2. The fraction of sp³-hybridized carbons (Fsp3) is 0. The molecule has 0 aliphatic rings. The summed E-state index contributed by atoms with van der Waals surface area (Å²) in [5.41, 5.74) is 0.710.